The first kappa shape index (κ1) is 20.1. The Hall–Kier alpha value is 0.0800. The minimum atomic E-state index is 0. The van der Waals surface area contributed by atoms with Crippen LogP contribution in [0.25, 0.3) is 0 Å². The summed E-state index contributed by atoms with van der Waals surface area (Å²) in [4.78, 5) is 4.37. The summed E-state index contributed by atoms with van der Waals surface area (Å²) in [7, 11) is 4.29. The van der Waals surface area contributed by atoms with Crippen molar-refractivity contribution in [2.45, 2.75) is 19.8 Å². The van der Waals surface area contributed by atoms with Crippen LogP contribution in [0, 0.1) is 10.6 Å². The Kier molecular flexibility index (Phi) is 9.96. The van der Waals surface area contributed by atoms with Crippen molar-refractivity contribution in [3.63, 3.8) is 0 Å². The summed E-state index contributed by atoms with van der Waals surface area (Å²) < 4.78 is 7.53. The smallest absolute Gasteiger partial charge is 0.151 e. The van der Waals surface area contributed by atoms with Gasteiger partial charge in [0.25, 0.3) is 0 Å². The molecule has 0 aliphatic heterocycles. The van der Waals surface area contributed by atoms with Gasteiger partial charge in [-0.1, -0.05) is 0 Å². The van der Waals surface area contributed by atoms with Crippen LogP contribution >= 0.6 is 22.6 Å². The zero-order valence-corrected chi connectivity index (χ0v) is 16.1. The standard InChI is InChI=1S/C14H24IN2O2.BrH/c1-12-6-7-13(14(15)16-12)19-11-5-4-8-17(2,3)9-10-18;/h6-7,18H,4-5,8-11H2,1-3H3;1H/q+1;/p-1. The summed E-state index contributed by atoms with van der Waals surface area (Å²) in [5.74, 6) is 0.871. The maximum atomic E-state index is 8.96. The summed E-state index contributed by atoms with van der Waals surface area (Å²) >= 11 is 2.20. The number of hydrogen-bond acceptors (Lipinski definition) is 3. The molecule has 6 heteroatoms. The van der Waals surface area contributed by atoms with Gasteiger partial charge < -0.3 is 31.3 Å². The Bertz CT molecular complexity index is 403. The van der Waals surface area contributed by atoms with Crippen LogP contribution in [0.3, 0.4) is 0 Å². The van der Waals surface area contributed by atoms with Crippen LogP contribution in [0.5, 0.6) is 5.75 Å². The van der Waals surface area contributed by atoms with E-state index in [0.717, 1.165) is 52.2 Å². The lowest BCUT2D eigenvalue weighted by molar-refractivity contribution is -0.890. The Labute approximate surface area is 146 Å². The SMILES string of the molecule is Cc1ccc(OCCCC[N+](C)(C)CCO)c(I)n1.[Br-]. The van der Waals surface area contributed by atoms with E-state index in [9.17, 15) is 0 Å². The monoisotopic (exact) mass is 458 g/mol. The second kappa shape index (κ2) is 9.92. The maximum Gasteiger partial charge on any atom is 0.151 e. The third-order valence-corrected chi connectivity index (χ3v) is 3.85. The number of ether oxygens (including phenoxy) is 1. The van der Waals surface area contributed by atoms with Gasteiger partial charge in [-0.05, 0) is 54.5 Å². The molecule has 1 rings (SSSR count). The highest BCUT2D eigenvalue weighted by molar-refractivity contribution is 14.1. The van der Waals surface area contributed by atoms with E-state index in [-0.39, 0.29) is 23.6 Å². The van der Waals surface area contributed by atoms with Gasteiger partial charge in [0.15, 0.2) is 5.75 Å². The van der Waals surface area contributed by atoms with E-state index < -0.39 is 0 Å². The first-order chi connectivity index (χ1) is 8.94. The summed E-state index contributed by atoms with van der Waals surface area (Å²) in [5, 5.41) is 8.96. The quantitative estimate of drug-likeness (QED) is 0.241. The average Bonchev–Trinajstić information content (AvgIpc) is 2.31. The third-order valence-electron chi connectivity index (χ3n) is 3.07. The van der Waals surface area contributed by atoms with Crippen LogP contribution in [-0.4, -0.2) is 55.0 Å². The summed E-state index contributed by atoms with van der Waals surface area (Å²) in [6.07, 6.45) is 2.12. The van der Waals surface area contributed by atoms with Crippen LogP contribution < -0.4 is 21.7 Å². The van der Waals surface area contributed by atoms with Crippen molar-refractivity contribution in [3.05, 3.63) is 21.5 Å². The number of pyridine rings is 1. The van der Waals surface area contributed by atoms with Crippen LogP contribution in [0.4, 0.5) is 0 Å². The molecular weight excluding hydrogens is 435 g/mol. The van der Waals surface area contributed by atoms with Crippen molar-refractivity contribution in [1.29, 1.82) is 0 Å². The van der Waals surface area contributed by atoms with Crippen LogP contribution in [0.1, 0.15) is 18.5 Å². The number of likely N-dealkylation sites (N-methyl/N-ethyl adjacent to an activating group) is 1. The molecule has 0 aliphatic rings. The molecule has 116 valence electrons. The molecule has 0 atom stereocenters. The van der Waals surface area contributed by atoms with Gasteiger partial charge in [-0.15, -0.1) is 0 Å². The van der Waals surface area contributed by atoms with E-state index in [0.29, 0.717) is 0 Å². The molecule has 0 radical (unpaired) electrons. The van der Waals surface area contributed by atoms with Crippen molar-refractivity contribution in [3.8, 4) is 5.75 Å². The van der Waals surface area contributed by atoms with E-state index in [1.54, 1.807) is 0 Å². The highest BCUT2D eigenvalue weighted by Crippen LogP contribution is 2.19. The van der Waals surface area contributed by atoms with Gasteiger partial charge in [-0.3, -0.25) is 0 Å². The van der Waals surface area contributed by atoms with E-state index in [2.05, 4.69) is 41.7 Å². The Morgan fingerprint density at radius 3 is 2.55 bits per heavy atom. The summed E-state index contributed by atoms with van der Waals surface area (Å²) in [5.41, 5.74) is 1.01. The minimum Gasteiger partial charge on any atom is -1.00 e. The summed E-state index contributed by atoms with van der Waals surface area (Å²) in [6.45, 7) is 4.82. The van der Waals surface area contributed by atoms with E-state index >= 15 is 0 Å². The van der Waals surface area contributed by atoms with E-state index in [4.69, 9.17) is 9.84 Å². The number of halogens is 2. The fourth-order valence-corrected chi connectivity index (χ4v) is 2.54. The molecule has 0 unspecified atom stereocenters. The first-order valence-electron chi connectivity index (χ1n) is 6.63. The number of aliphatic hydroxyl groups excluding tert-OH is 1. The zero-order valence-electron chi connectivity index (χ0n) is 12.4. The number of aliphatic hydroxyl groups is 1. The number of hydrogen-bond donors (Lipinski definition) is 1. The normalized spacial score (nSPS) is 11.1. The highest BCUT2D eigenvalue weighted by Gasteiger charge is 2.13. The lowest BCUT2D eigenvalue weighted by Crippen LogP contribution is -3.00. The largest absolute Gasteiger partial charge is 1.00 e. The van der Waals surface area contributed by atoms with Crippen molar-refractivity contribution in [2.24, 2.45) is 0 Å². The molecule has 1 heterocycles. The minimum absolute atomic E-state index is 0. The lowest BCUT2D eigenvalue weighted by Gasteiger charge is -2.28. The van der Waals surface area contributed by atoms with E-state index in [1.165, 1.54) is 0 Å². The highest BCUT2D eigenvalue weighted by atomic mass is 127. The molecule has 1 aromatic heterocycles. The number of aromatic nitrogens is 1. The van der Waals surface area contributed by atoms with Gasteiger partial charge in [0.1, 0.15) is 10.2 Å². The van der Waals surface area contributed by atoms with Crippen LogP contribution in [-0.2, 0) is 0 Å². The fourth-order valence-electron chi connectivity index (χ4n) is 1.83. The average molecular weight is 459 g/mol. The lowest BCUT2D eigenvalue weighted by atomic mass is 10.3. The molecule has 0 fully saturated rings. The molecule has 0 saturated heterocycles. The van der Waals surface area contributed by atoms with Gasteiger partial charge in [0, 0.05) is 5.69 Å². The molecule has 0 bridgehead atoms. The molecule has 0 spiro atoms. The molecule has 0 aromatic carbocycles. The van der Waals surface area contributed by atoms with Gasteiger partial charge in [-0.2, -0.15) is 0 Å². The van der Waals surface area contributed by atoms with Gasteiger partial charge in [0.05, 0.1) is 33.9 Å². The van der Waals surface area contributed by atoms with Gasteiger partial charge >= 0.3 is 0 Å². The van der Waals surface area contributed by atoms with Crippen molar-refractivity contribution in [2.75, 3.05) is 40.4 Å². The molecule has 4 nitrogen and oxygen atoms in total. The molecule has 0 amide bonds. The zero-order chi connectivity index (χ0) is 14.3. The number of aryl methyl sites for hydroxylation is 1. The molecule has 0 saturated carbocycles. The Morgan fingerprint density at radius 2 is 1.95 bits per heavy atom. The van der Waals surface area contributed by atoms with Gasteiger partial charge in [-0.25, -0.2) is 4.98 Å². The number of unbranched alkanes of at least 4 members (excludes halogenated alkanes) is 1. The second-order valence-electron chi connectivity index (χ2n) is 5.40. The maximum absolute atomic E-state index is 8.96. The fraction of sp³-hybridized carbons (Fsp3) is 0.643. The van der Waals surface area contributed by atoms with Crippen molar-refractivity contribution < 1.29 is 31.3 Å². The first-order valence-corrected chi connectivity index (χ1v) is 7.71. The molecule has 20 heavy (non-hydrogen) atoms. The molecular formula is C14H24BrIN2O2. The Morgan fingerprint density at radius 1 is 1.25 bits per heavy atom. The second-order valence-corrected chi connectivity index (χ2v) is 6.43. The van der Waals surface area contributed by atoms with Crippen molar-refractivity contribution >= 4 is 22.6 Å². The molecule has 1 N–H and O–H groups in total. The summed E-state index contributed by atoms with van der Waals surface area (Å²) in [6, 6.07) is 3.95. The Balaban J connectivity index is 0.00000361. The van der Waals surface area contributed by atoms with Crippen LogP contribution in [0.2, 0.25) is 0 Å². The molecule has 0 aliphatic carbocycles. The van der Waals surface area contributed by atoms with Gasteiger partial charge in [0.2, 0.25) is 0 Å². The predicted molar refractivity (Wildman–Crippen MR) is 85.3 cm³/mol. The number of nitrogens with zero attached hydrogens (tertiary/aromatic N) is 2. The van der Waals surface area contributed by atoms with Crippen molar-refractivity contribution in [1.82, 2.24) is 4.98 Å². The van der Waals surface area contributed by atoms with E-state index in [1.807, 2.05) is 19.1 Å². The number of quaternary nitrogens is 1. The van der Waals surface area contributed by atoms with Crippen LogP contribution in [0.15, 0.2) is 12.1 Å². The molecule has 1 aromatic rings. The number of rotatable bonds is 8. The topological polar surface area (TPSA) is 42.4 Å². The predicted octanol–water partition coefficient (Wildman–Crippen LogP) is -0.774. The third kappa shape index (κ3) is 7.75.